The molecule has 5 nitrogen and oxygen atoms in total. The van der Waals surface area contributed by atoms with Gasteiger partial charge in [-0.15, -0.1) is 0 Å². The molecule has 1 fully saturated rings. The third-order valence-corrected chi connectivity index (χ3v) is 3.69. The number of aliphatic carboxylic acids is 1. The first-order chi connectivity index (χ1) is 9.06. The van der Waals surface area contributed by atoms with Gasteiger partial charge in [-0.2, -0.15) is 0 Å². The highest BCUT2D eigenvalue weighted by Crippen LogP contribution is 2.27. The average Bonchev–Trinajstić information content (AvgIpc) is 2.85. The van der Waals surface area contributed by atoms with Crippen molar-refractivity contribution >= 4 is 5.97 Å². The van der Waals surface area contributed by atoms with Gasteiger partial charge in [0.2, 0.25) is 0 Å². The predicted molar refractivity (Wildman–Crippen MR) is 71.1 cm³/mol. The van der Waals surface area contributed by atoms with Crippen LogP contribution in [0.15, 0.2) is 10.6 Å². The SMILES string of the molecule is CC(C)N1CCCC(c2ncc(CCC(=O)O)o2)C1. The van der Waals surface area contributed by atoms with E-state index in [1.807, 2.05) is 0 Å². The van der Waals surface area contributed by atoms with Crippen LogP contribution in [0.5, 0.6) is 0 Å². The lowest BCUT2D eigenvalue weighted by Gasteiger charge is -2.34. The first kappa shape index (κ1) is 14.1. The zero-order valence-corrected chi connectivity index (χ0v) is 11.6. The van der Waals surface area contributed by atoms with Crippen LogP contribution >= 0.6 is 0 Å². The Hall–Kier alpha value is -1.36. The van der Waals surface area contributed by atoms with Crippen molar-refractivity contribution in [1.82, 2.24) is 9.88 Å². The van der Waals surface area contributed by atoms with Crippen LogP contribution in [0, 0.1) is 0 Å². The Morgan fingerprint density at radius 3 is 3.11 bits per heavy atom. The largest absolute Gasteiger partial charge is 0.481 e. The van der Waals surface area contributed by atoms with Crippen molar-refractivity contribution in [1.29, 1.82) is 0 Å². The summed E-state index contributed by atoms with van der Waals surface area (Å²) in [5.74, 6) is 0.987. The quantitative estimate of drug-likeness (QED) is 0.885. The van der Waals surface area contributed by atoms with Crippen LogP contribution in [0.1, 0.15) is 50.7 Å². The fraction of sp³-hybridized carbons (Fsp3) is 0.714. The molecule has 1 unspecified atom stereocenters. The van der Waals surface area contributed by atoms with Gasteiger partial charge in [0.05, 0.1) is 12.6 Å². The van der Waals surface area contributed by atoms with Crippen LogP contribution in [0.2, 0.25) is 0 Å². The van der Waals surface area contributed by atoms with Crippen molar-refractivity contribution in [2.24, 2.45) is 0 Å². The van der Waals surface area contributed by atoms with Crippen molar-refractivity contribution in [2.45, 2.75) is 51.5 Å². The topological polar surface area (TPSA) is 66.6 Å². The van der Waals surface area contributed by atoms with E-state index in [2.05, 4.69) is 23.7 Å². The number of piperidine rings is 1. The normalized spacial score (nSPS) is 20.9. The summed E-state index contributed by atoms with van der Waals surface area (Å²) in [4.78, 5) is 17.3. The molecule has 1 atom stereocenters. The lowest BCUT2D eigenvalue weighted by atomic mass is 9.97. The van der Waals surface area contributed by atoms with Crippen molar-refractivity contribution in [2.75, 3.05) is 13.1 Å². The Balaban J connectivity index is 1.95. The molecular formula is C14H22N2O3. The molecule has 0 spiro atoms. The number of nitrogens with zero attached hydrogens (tertiary/aromatic N) is 2. The second-order valence-corrected chi connectivity index (χ2v) is 5.49. The maximum absolute atomic E-state index is 10.5. The second-order valence-electron chi connectivity index (χ2n) is 5.49. The summed E-state index contributed by atoms with van der Waals surface area (Å²) in [5, 5.41) is 8.66. The number of carboxylic acid groups (broad SMARTS) is 1. The molecular weight excluding hydrogens is 244 g/mol. The molecule has 0 aromatic carbocycles. The zero-order chi connectivity index (χ0) is 13.8. The van der Waals surface area contributed by atoms with Gasteiger partial charge >= 0.3 is 5.97 Å². The van der Waals surface area contributed by atoms with Crippen molar-refractivity contribution in [3.05, 3.63) is 17.8 Å². The minimum atomic E-state index is -0.804. The molecule has 0 bridgehead atoms. The minimum absolute atomic E-state index is 0.0947. The van der Waals surface area contributed by atoms with Gasteiger partial charge in [-0.05, 0) is 33.2 Å². The first-order valence-corrected chi connectivity index (χ1v) is 6.96. The van der Waals surface area contributed by atoms with Gasteiger partial charge in [0.15, 0.2) is 5.89 Å². The van der Waals surface area contributed by atoms with Gasteiger partial charge in [-0.3, -0.25) is 4.79 Å². The fourth-order valence-electron chi connectivity index (χ4n) is 2.53. The van der Waals surface area contributed by atoms with Crippen LogP contribution in [0.3, 0.4) is 0 Å². The first-order valence-electron chi connectivity index (χ1n) is 6.96. The highest BCUT2D eigenvalue weighted by molar-refractivity contribution is 5.66. The average molecular weight is 266 g/mol. The van der Waals surface area contributed by atoms with Gasteiger partial charge in [-0.25, -0.2) is 4.98 Å². The van der Waals surface area contributed by atoms with E-state index in [9.17, 15) is 4.79 Å². The summed E-state index contributed by atoms with van der Waals surface area (Å²) in [6.45, 7) is 6.53. The van der Waals surface area contributed by atoms with Crippen LogP contribution in [0.4, 0.5) is 0 Å². The lowest BCUT2D eigenvalue weighted by molar-refractivity contribution is -0.137. The van der Waals surface area contributed by atoms with Gasteiger partial charge < -0.3 is 14.4 Å². The van der Waals surface area contributed by atoms with E-state index in [1.165, 1.54) is 0 Å². The predicted octanol–water partition coefficient (Wildman–Crippen LogP) is 2.28. The van der Waals surface area contributed by atoms with Crippen molar-refractivity contribution in [3.8, 4) is 0 Å². The van der Waals surface area contributed by atoms with E-state index in [4.69, 9.17) is 9.52 Å². The number of carboxylic acids is 1. The number of hydrogen-bond donors (Lipinski definition) is 1. The molecule has 1 aromatic heterocycles. The number of aryl methyl sites for hydroxylation is 1. The summed E-state index contributed by atoms with van der Waals surface area (Å²) in [5.41, 5.74) is 0. The molecule has 2 rings (SSSR count). The van der Waals surface area contributed by atoms with E-state index in [1.54, 1.807) is 6.20 Å². The molecule has 0 saturated carbocycles. The number of hydrogen-bond acceptors (Lipinski definition) is 4. The number of aromatic nitrogens is 1. The standard InChI is InChI=1S/C14H22N2O3/c1-10(2)16-7-3-4-11(9-16)14-15-8-12(19-14)5-6-13(17)18/h8,10-11H,3-7,9H2,1-2H3,(H,17,18). The highest BCUT2D eigenvalue weighted by Gasteiger charge is 2.26. The van der Waals surface area contributed by atoms with E-state index >= 15 is 0 Å². The van der Waals surface area contributed by atoms with Crippen molar-refractivity contribution < 1.29 is 14.3 Å². The third-order valence-electron chi connectivity index (χ3n) is 3.69. The fourth-order valence-corrected chi connectivity index (χ4v) is 2.53. The molecule has 1 saturated heterocycles. The molecule has 1 aliphatic rings. The molecule has 0 radical (unpaired) electrons. The van der Waals surface area contributed by atoms with Gasteiger partial charge in [-0.1, -0.05) is 0 Å². The smallest absolute Gasteiger partial charge is 0.303 e. The zero-order valence-electron chi connectivity index (χ0n) is 11.6. The highest BCUT2D eigenvalue weighted by atomic mass is 16.4. The maximum atomic E-state index is 10.5. The summed E-state index contributed by atoms with van der Waals surface area (Å²) in [7, 11) is 0. The molecule has 2 heterocycles. The molecule has 1 aromatic rings. The summed E-state index contributed by atoms with van der Waals surface area (Å²) >= 11 is 0. The Bertz CT molecular complexity index is 428. The number of oxazole rings is 1. The maximum Gasteiger partial charge on any atom is 0.303 e. The Kier molecular flexibility index (Phi) is 4.58. The van der Waals surface area contributed by atoms with Crippen molar-refractivity contribution in [3.63, 3.8) is 0 Å². The Morgan fingerprint density at radius 1 is 1.63 bits per heavy atom. The lowest BCUT2D eigenvalue weighted by Crippen LogP contribution is -2.39. The van der Waals surface area contributed by atoms with E-state index in [-0.39, 0.29) is 6.42 Å². The van der Waals surface area contributed by atoms with Crippen LogP contribution < -0.4 is 0 Å². The van der Waals surface area contributed by atoms with Gasteiger partial charge in [0.1, 0.15) is 5.76 Å². The second kappa shape index (κ2) is 6.19. The molecule has 1 aliphatic heterocycles. The molecule has 1 N–H and O–H groups in total. The van der Waals surface area contributed by atoms with Crippen LogP contribution in [-0.4, -0.2) is 40.1 Å². The Labute approximate surface area is 113 Å². The molecule has 5 heteroatoms. The number of likely N-dealkylation sites (tertiary alicyclic amines) is 1. The molecule has 19 heavy (non-hydrogen) atoms. The van der Waals surface area contributed by atoms with Gasteiger partial charge in [0, 0.05) is 24.9 Å². The van der Waals surface area contributed by atoms with Crippen LogP contribution in [-0.2, 0) is 11.2 Å². The summed E-state index contributed by atoms with van der Waals surface area (Å²) in [6.07, 6.45) is 4.45. The number of carbonyl (C=O) groups is 1. The van der Waals surface area contributed by atoms with E-state index < -0.39 is 5.97 Å². The van der Waals surface area contributed by atoms with Gasteiger partial charge in [0.25, 0.3) is 0 Å². The number of rotatable bonds is 5. The monoisotopic (exact) mass is 266 g/mol. The molecule has 0 aliphatic carbocycles. The molecule has 0 amide bonds. The minimum Gasteiger partial charge on any atom is -0.481 e. The summed E-state index contributed by atoms with van der Waals surface area (Å²) < 4.78 is 5.70. The van der Waals surface area contributed by atoms with E-state index in [0.717, 1.165) is 31.8 Å². The Morgan fingerprint density at radius 2 is 2.42 bits per heavy atom. The third kappa shape index (κ3) is 3.80. The van der Waals surface area contributed by atoms with E-state index in [0.29, 0.717) is 24.1 Å². The summed E-state index contributed by atoms with van der Waals surface area (Å²) in [6, 6.07) is 0.546. The molecule has 106 valence electrons. The van der Waals surface area contributed by atoms with Crippen LogP contribution in [0.25, 0.3) is 0 Å².